The van der Waals surface area contributed by atoms with Crippen LogP contribution in [0, 0.1) is 5.92 Å². The lowest BCUT2D eigenvalue weighted by molar-refractivity contribution is -0.142. The van der Waals surface area contributed by atoms with E-state index in [0.29, 0.717) is 17.1 Å². The average molecular weight is 400 g/mol. The minimum atomic E-state index is -1.17. The minimum Gasteiger partial charge on any atom is -0.480 e. The molecule has 1 aliphatic rings. The van der Waals surface area contributed by atoms with E-state index in [1.807, 2.05) is 0 Å². The second kappa shape index (κ2) is 8.51. The number of carbonyl (C=O) groups excluding carboxylic acids is 2. The standard InChI is InChI=1S/C20H20N2O7/c1-11(2)17(20(25)26)22-18(23)13(21-19(24)15-4-3-7-27-15)8-12-5-6-14-16(9-12)29-10-28-14/h3-9,11,17H,10H2,1-2H3,(H,21,24)(H,22,23)(H,25,26). The predicted molar refractivity (Wildman–Crippen MR) is 101 cm³/mol. The Bertz CT molecular complexity index is 948. The highest BCUT2D eigenvalue weighted by Gasteiger charge is 2.26. The first kappa shape index (κ1) is 20.0. The van der Waals surface area contributed by atoms with Gasteiger partial charge in [0.2, 0.25) is 6.79 Å². The Morgan fingerprint density at radius 3 is 2.55 bits per heavy atom. The number of carbonyl (C=O) groups is 3. The van der Waals surface area contributed by atoms with E-state index in [2.05, 4.69) is 10.6 Å². The first-order valence-electron chi connectivity index (χ1n) is 8.85. The van der Waals surface area contributed by atoms with Crippen molar-refractivity contribution in [3.63, 3.8) is 0 Å². The lowest BCUT2D eigenvalue weighted by Crippen LogP contribution is -2.47. The molecule has 3 rings (SSSR count). The van der Waals surface area contributed by atoms with Crippen LogP contribution in [-0.2, 0) is 9.59 Å². The summed E-state index contributed by atoms with van der Waals surface area (Å²) in [6, 6.07) is 6.85. The fraction of sp³-hybridized carbons (Fsp3) is 0.250. The van der Waals surface area contributed by atoms with Crippen molar-refractivity contribution < 1.29 is 33.4 Å². The molecule has 0 fully saturated rings. The van der Waals surface area contributed by atoms with Gasteiger partial charge in [-0.25, -0.2) is 4.79 Å². The lowest BCUT2D eigenvalue weighted by atomic mass is 10.0. The van der Waals surface area contributed by atoms with E-state index in [9.17, 15) is 19.5 Å². The van der Waals surface area contributed by atoms with Gasteiger partial charge in [0.1, 0.15) is 11.7 Å². The molecule has 9 nitrogen and oxygen atoms in total. The molecule has 0 aliphatic carbocycles. The Balaban J connectivity index is 1.89. The summed E-state index contributed by atoms with van der Waals surface area (Å²) in [7, 11) is 0. The molecule has 0 saturated heterocycles. The third kappa shape index (κ3) is 4.75. The molecule has 9 heteroatoms. The van der Waals surface area contributed by atoms with E-state index >= 15 is 0 Å². The van der Waals surface area contributed by atoms with E-state index in [4.69, 9.17) is 13.9 Å². The van der Waals surface area contributed by atoms with Crippen LogP contribution < -0.4 is 20.1 Å². The molecule has 0 saturated carbocycles. The Labute approximate surface area is 166 Å². The van der Waals surface area contributed by atoms with Crippen molar-refractivity contribution in [2.24, 2.45) is 5.92 Å². The number of nitrogens with one attached hydrogen (secondary N) is 2. The number of carboxylic acids is 1. The van der Waals surface area contributed by atoms with Gasteiger partial charge in [0.05, 0.1) is 6.26 Å². The summed E-state index contributed by atoms with van der Waals surface area (Å²) in [4.78, 5) is 36.6. The highest BCUT2D eigenvalue weighted by molar-refractivity contribution is 6.05. The Morgan fingerprint density at radius 2 is 1.90 bits per heavy atom. The van der Waals surface area contributed by atoms with E-state index in [1.54, 1.807) is 32.0 Å². The Kier molecular flexibility index (Phi) is 5.87. The Morgan fingerprint density at radius 1 is 1.14 bits per heavy atom. The van der Waals surface area contributed by atoms with E-state index in [-0.39, 0.29) is 24.2 Å². The molecular formula is C20H20N2O7. The summed E-state index contributed by atoms with van der Waals surface area (Å²) in [5, 5.41) is 14.2. The number of hydrogen-bond donors (Lipinski definition) is 3. The second-order valence-corrected chi connectivity index (χ2v) is 6.64. The van der Waals surface area contributed by atoms with Gasteiger partial charge in [0, 0.05) is 0 Å². The molecule has 1 atom stereocenters. The summed E-state index contributed by atoms with van der Waals surface area (Å²) < 4.78 is 15.6. The van der Waals surface area contributed by atoms with Crippen LogP contribution in [0.3, 0.4) is 0 Å². The molecule has 3 N–H and O–H groups in total. The van der Waals surface area contributed by atoms with Crippen molar-refractivity contribution in [2.75, 3.05) is 6.79 Å². The van der Waals surface area contributed by atoms with E-state index in [1.165, 1.54) is 24.5 Å². The number of fused-ring (bicyclic) bond motifs is 1. The van der Waals surface area contributed by atoms with Gasteiger partial charge >= 0.3 is 5.97 Å². The molecule has 1 aromatic heterocycles. The Hall–Kier alpha value is -3.75. The van der Waals surface area contributed by atoms with Crippen molar-refractivity contribution >= 4 is 23.9 Å². The van der Waals surface area contributed by atoms with Gasteiger partial charge in [-0.1, -0.05) is 19.9 Å². The van der Waals surface area contributed by atoms with E-state index in [0.717, 1.165) is 0 Å². The maximum Gasteiger partial charge on any atom is 0.326 e. The molecule has 1 unspecified atom stereocenters. The van der Waals surface area contributed by atoms with Gasteiger partial charge < -0.3 is 29.6 Å². The first-order valence-corrected chi connectivity index (χ1v) is 8.85. The van der Waals surface area contributed by atoms with Gasteiger partial charge in [-0.15, -0.1) is 0 Å². The summed E-state index contributed by atoms with van der Waals surface area (Å²) >= 11 is 0. The highest BCUT2D eigenvalue weighted by atomic mass is 16.7. The number of ether oxygens (including phenoxy) is 2. The molecule has 1 aromatic carbocycles. The molecule has 0 bridgehead atoms. The summed E-state index contributed by atoms with van der Waals surface area (Å²) in [6.45, 7) is 3.43. The monoisotopic (exact) mass is 400 g/mol. The molecular weight excluding hydrogens is 380 g/mol. The van der Waals surface area contributed by atoms with Gasteiger partial charge in [-0.3, -0.25) is 9.59 Å². The number of rotatable bonds is 7. The van der Waals surface area contributed by atoms with Crippen molar-refractivity contribution in [1.29, 1.82) is 0 Å². The molecule has 2 amide bonds. The van der Waals surface area contributed by atoms with Crippen molar-refractivity contribution in [1.82, 2.24) is 10.6 Å². The molecule has 0 spiro atoms. The van der Waals surface area contributed by atoms with Crippen LogP contribution in [0.15, 0.2) is 46.7 Å². The number of amides is 2. The van der Waals surface area contributed by atoms with Crippen LogP contribution in [-0.4, -0.2) is 35.7 Å². The molecule has 1 aliphatic heterocycles. The quantitative estimate of drug-likeness (QED) is 0.607. The van der Waals surface area contributed by atoms with Crippen LogP contribution in [0.4, 0.5) is 0 Å². The third-order valence-electron chi connectivity index (χ3n) is 4.16. The third-order valence-corrected chi connectivity index (χ3v) is 4.16. The van der Waals surface area contributed by atoms with Gasteiger partial charge in [0.15, 0.2) is 17.3 Å². The maximum atomic E-state index is 12.8. The van der Waals surface area contributed by atoms with Gasteiger partial charge in [-0.2, -0.15) is 0 Å². The largest absolute Gasteiger partial charge is 0.480 e. The average Bonchev–Trinajstić information content (AvgIpc) is 3.36. The summed E-state index contributed by atoms with van der Waals surface area (Å²) in [5.41, 5.74) is 0.410. The topological polar surface area (TPSA) is 127 Å². The molecule has 2 aromatic rings. The van der Waals surface area contributed by atoms with Crippen LogP contribution in [0.2, 0.25) is 0 Å². The predicted octanol–water partition coefficient (Wildman–Crippen LogP) is 2.00. The summed E-state index contributed by atoms with van der Waals surface area (Å²) in [5.74, 6) is -1.84. The number of benzene rings is 1. The smallest absolute Gasteiger partial charge is 0.326 e. The van der Waals surface area contributed by atoms with Crippen molar-refractivity contribution in [2.45, 2.75) is 19.9 Å². The zero-order valence-corrected chi connectivity index (χ0v) is 15.8. The van der Waals surface area contributed by atoms with Gasteiger partial charge in [0.25, 0.3) is 11.8 Å². The van der Waals surface area contributed by atoms with Crippen molar-refractivity contribution in [3.05, 3.63) is 53.6 Å². The second-order valence-electron chi connectivity index (χ2n) is 6.64. The SMILES string of the molecule is CC(C)C(NC(=O)C(=Cc1ccc2c(c1)OCO2)NC(=O)c1ccco1)C(=O)O. The van der Waals surface area contributed by atoms with Crippen molar-refractivity contribution in [3.8, 4) is 11.5 Å². The van der Waals surface area contributed by atoms with Crippen LogP contribution >= 0.6 is 0 Å². The molecule has 2 heterocycles. The maximum absolute atomic E-state index is 12.8. The zero-order chi connectivity index (χ0) is 21.0. The number of furan rings is 1. The highest BCUT2D eigenvalue weighted by Crippen LogP contribution is 2.33. The minimum absolute atomic E-state index is 0.00744. The van der Waals surface area contributed by atoms with Gasteiger partial charge in [-0.05, 0) is 41.8 Å². The molecule has 29 heavy (non-hydrogen) atoms. The normalized spacial score (nSPS) is 13.8. The molecule has 0 radical (unpaired) electrons. The van der Waals surface area contributed by atoms with E-state index < -0.39 is 23.8 Å². The summed E-state index contributed by atoms with van der Waals surface area (Å²) in [6.07, 6.45) is 2.74. The number of hydrogen-bond acceptors (Lipinski definition) is 6. The molecule has 152 valence electrons. The fourth-order valence-electron chi connectivity index (χ4n) is 2.65. The van der Waals surface area contributed by atoms with Crippen LogP contribution in [0.5, 0.6) is 11.5 Å². The number of aliphatic carboxylic acids is 1. The lowest BCUT2D eigenvalue weighted by Gasteiger charge is -2.19. The first-order chi connectivity index (χ1) is 13.8. The number of carboxylic acid groups (broad SMARTS) is 1. The fourth-order valence-corrected chi connectivity index (χ4v) is 2.65. The van der Waals surface area contributed by atoms with Crippen LogP contribution in [0.25, 0.3) is 6.08 Å². The zero-order valence-electron chi connectivity index (χ0n) is 15.8. The van der Waals surface area contributed by atoms with Crippen LogP contribution in [0.1, 0.15) is 30.0 Å².